The number of carbonyl (C=O) groups excluding carboxylic acids is 1. The van der Waals surface area contributed by atoms with Crippen molar-refractivity contribution in [2.75, 3.05) is 6.61 Å². The fourth-order valence-electron chi connectivity index (χ4n) is 5.21. The highest BCUT2D eigenvalue weighted by Gasteiger charge is 2.55. The van der Waals surface area contributed by atoms with E-state index in [1.54, 1.807) is 0 Å². The Balaban J connectivity index is 1.57. The van der Waals surface area contributed by atoms with Gasteiger partial charge in [0, 0.05) is 0 Å². The molecule has 0 aromatic rings. The molecule has 0 aromatic carbocycles. The van der Waals surface area contributed by atoms with Crippen molar-refractivity contribution in [1.29, 1.82) is 0 Å². The molecule has 0 heterocycles. The van der Waals surface area contributed by atoms with Gasteiger partial charge in [-0.25, -0.2) is 0 Å². The third-order valence-corrected chi connectivity index (χ3v) is 5.42. The fraction of sp³-hybridized carbons (Fsp3) is 0.941. The van der Waals surface area contributed by atoms with Gasteiger partial charge in [-0.3, -0.25) is 4.79 Å². The Hall–Kier alpha value is -0.570. The zero-order valence-electron chi connectivity index (χ0n) is 13.1. The van der Waals surface area contributed by atoms with Crippen LogP contribution in [0.4, 0.5) is 0 Å². The molecule has 3 nitrogen and oxygen atoms in total. The normalized spacial score (nSPS) is 40.1. The molecule has 4 bridgehead atoms. The number of carbonyl (C=O) groups is 1. The maximum atomic E-state index is 12.6. The van der Waals surface area contributed by atoms with E-state index < -0.39 is 0 Å². The summed E-state index contributed by atoms with van der Waals surface area (Å²) in [6.45, 7) is 6.40. The number of hydrogen-bond acceptors (Lipinski definition) is 3. The molecule has 0 N–H and O–H groups in total. The van der Waals surface area contributed by atoms with Crippen LogP contribution in [0.2, 0.25) is 0 Å². The first-order valence-electron chi connectivity index (χ1n) is 8.29. The van der Waals surface area contributed by atoms with Gasteiger partial charge in [-0.1, -0.05) is 0 Å². The van der Waals surface area contributed by atoms with E-state index in [-0.39, 0.29) is 23.6 Å². The number of esters is 1. The van der Waals surface area contributed by atoms with Crippen LogP contribution < -0.4 is 0 Å². The second-order valence-corrected chi connectivity index (χ2v) is 7.79. The van der Waals surface area contributed by atoms with Crippen LogP contribution in [0, 0.1) is 23.2 Å². The van der Waals surface area contributed by atoms with E-state index in [0.29, 0.717) is 6.61 Å². The van der Waals surface area contributed by atoms with Gasteiger partial charge in [-0.15, -0.1) is 0 Å². The van der Waals surface area contributed by atoms with Crippen molar-refractivity contribution >= 4 is 5.97 Å². The van der Waals surface area contributed by atoms with Gasteiger partial charge < -0.3 is 9.47 Å². The van der Waals surface area contributed by atoms with E-state index >= 15 is 0 Å². The molecule has 0 amide bonds. The van der Waals surface area contributed by atoms with Gasteiger partial charge in [-0.05, 0) is 77.0 Å². The highest BCUT2D eigenvalue weighted by molar-refractivity contribution is 5.77. The number of ether oxygens (including phenoxy) is 2. The molecule has 1 unspecified atom stereocenters. The average Bonchev–Trinajstić information content (AvgIpc) is 2.33. The lowest BCUT2D eigenvalue weighted by Crippen LogP contribution is -2.50. The minimum atomic E-state index is -0.133. The van der Waals surface area contributed by atoms with Crippen molar-refractivity contribution in [2.24, 2.45) is 23.2 Å². The largest absolute Gasteiger partial charge is 0.463 e. The Morgan fingerprint density at radius 3 is 2.00 bits per heavy atom. The van der Waals surface area contributed by atoms with E-state index in [9.17, 15) is 4.79 Å². The zero-order chi connectivity index (χ0) is 14.3. The third kappa shape index (κ3) is 2.74. The van der Waals surface area contributed by atoms with Crippen LogP contribution >= 0.6 is 0 Å². The summed E-state index contributed by atoms with van der Waals surface area (Å²) in [7, 11) is 0. The van der Waals surface area contributed by atoms with E-state index in [1.807, 2.05) is 20.8 Å². The Morgan fingerprint density at radius 1 is 1.05 bits per heavy atom. The fourth-order valence-corrected chi connectivity index (χ4v) is 5.21. The van der Waals surface area contributed by atoms with Crippen LogP contribution in [0.15, 0.2) is 0 Å². The van der Waals surface area contributed by atoms with Gasteiger partial charge in [0.05, 0.1) is 17.6 Å². The summed E-state index contributed by atoms with van der Waals surface area (Å²) in [5.74, 6) is 2.44. The maximum Gasteiger partial charge on any atom is 0.312 e. The zero-order valence-corrected chi connectivity index (χ0v) is 13.1. The number of hydrogen-bond donors (Lipinski definition) is 0. The number of rotatable bonds is 5. The molecule has 0 aliphatic heterocycles. The van der Waals surface area contributed by atoms with Gasteiger partial charge in [-0.2, -0.15) is 0 Å². The van der Waals surface area contributed by atoms with Crippen LogP contribution in [0.3, 0.4) is 0 Å². The van der Waals surface area contributed by atoms with Crippen LogP contribution in [-0.2, 0) is 14.3 Å². The van der Waals surface area contributed by atoms with Crippen molar-refractivity contribution in [3.05, 3.63) is 0 Å². The second-order valence-electron chi connectivity index (χ2n) is 7.79. The first kappa shape index (κ1) is 14.4. The van der Waals surface area contributed by atoms with Crippen molar-refractivity contribution in [1.82, 2.24) is 0 Å². The lowest BCUT2D eigenvalue weighted by atomic mass is 9.49. The molecule has 0 aromatic heterocycles. The van der Waals surface area contributed by atoms with Crippen molar-refractivity contribution in [3.63, 3.8) is 0 Å². The summed E-state index contributed by atoms with van der Waals surface area (Å²) in [6.07, 6.45) is 7.50. The van der Waals surface area contributed by atoms with Crippen LogP contribution in [0.25, 0.3) is 0 Å². The molecule has 4 saturated carbocycles. The molecule has 0 radical (unpaired) electrons. The summed E-state index contributed by atoms with van der Waals surface area (Å²) in [5, 5.41) is 0. The molecular formula is C17H28O3. The van der Waals surface area contributed by atoms with Gasteiger partial charge in [0.15, 0.2) is 0 Å². The van der Waals surface area contributed by atoms with Gasteiger partial charge in [0.2, 0.25) is 0 Å². The van der Waals surface area contributed by atoms with Crippen molar-refractivity contribution in [3.8, 4) is 0 Å². The molecule has 4 rings (SSSR count). The molecule has 1 atom stereocenters. The molecule has 4 aliphatic rings. The molecule has 3 heteroatoms. The Morgan fingerprint density at radius 2 is 1.55 bits per heavy atom. The predicted molar refractivity (Wildman–Crippen MR) is 77.2 cm³/mol. The van der Waals surface area contributed by atoms with Gasteiger partial charge in [0.25, 0.3) is 0 Å². The van der Waals surface area contributed by atoms with Crippen LogP contribution in [0.1, 0.15) is 59.3 Å². The summed E-state index contributed by atoms with van der Waals surface area (Å²) < 4.78 is 11.3. The van der Waals surface area contributed by atoms with Crippen molar-refractivity contribution < 1.29 is 14.3 Å². The summed E-state index contributed by atoms with van der Waals surface area (Å²) in [6, 6.07) is 0. The standard InChI is InChI=1S/C17H28O3/c1-11(2)20-12(3)10-19-16(18)17-7-13-4-14(8-17)6-15(5-13)9-17/h11-15H,4-10H2,1-3H3. The summed E-state index contributed by atoms with van der Waals surface area (Å²) in [4.78, 5) is 12.6. The maximum absolute atomic E-state index is 12.6. The smallest absolute Gasteiger partial charge is 0.312 e. The lowest BCUT2D eigenvalue weighted by molar-refractivity contribution is -0.175. The Kier molecular flexibility index (Phi) is 3.83. The summed E-state index contributed by atoms with van der Waals surface area (Å²) in [5.41, 5.74) is -0.133. The Bertz CT molecular complexity index is 339. The highest BCUT2D eigenvalue weighted by atomic mass is 16.6. The average molecular weight is 280 g/mol. The van der Waals surface area contributed by atoms with E-state index in [4.69, 9.17) is 9.47 Å². The van der Waals surface area contributed by atoms with Crippen LogP contribution in [0.5, 0.6) is 0 Å². The molecule has 114 valence electrons. The molecule has 4 aliphatic carbocycles. The Labute approximate surface area is 122 Å². The molecule has 20 heavy (non-hydrogen) atoms. The quantitative estimate of drug-likeness (QED) is 0.722. The SMILES string of the molecule is CC(C)OC(C)COC(=O)C12CC3CC(CC(C3)C1)C2. The predicted octanol–water partition coefficient (Wildman–Crippen LogP) is 3.56. The minimum absolute atomic E-state index is 0.00661. The first-order valence-corrected chi connectivity index (χ1v) is 8.29. The van der Waals surface area contributed by atoms with Gasteiger partial charge in [0.1, 0.15) is 6.61 Å². The molecule has 0 spiro atoms. The van der Waals surface area contributed by atoms with Crippen LogP contribution in [-0.4, -0.2) is 24.8 Å². The summed E-state index contributed by atoms with van der Waals surface area (Å²) >= 11 is 0. The van der Waals surface area contributed by atoms with E-state index in [2.05, 4.69) is 0 Å². The minimum Gasteiger partial charge on any atom is -0.463 e. The first-order chi connectivity index (χ1) is 9.47. The third-order valence-electron chi connectivity index (χ3n) is 5.42. The van der Waals surface area contributed by atoms with E-state index in [0.717, 1.165) is 37.0 Å². The van der Waals surface area contributed by atoms with Gasteiger partial charge >= 0.3 is 5.97 Å². The van der Waals surface area contributed by atoms with E-state index in [1.165, 1.54) is 19.3 Å². The monoisotopic (exact) mass is 280 g/mol. The lowest BCUT2D eigenvalue weighted by Gasteiger charge is -2.55. The molecule has 4 fully saturated rings. The molecular weight excluding hydrogens is 252 g/mol. The second kappa shape index (κ2) is 5.32. The molecule has 0 saturated heterocycles. The highest BCUT2D eigenvalue weighted by Crippen LogP contribution is 2.60. The van der Waals surface area contributed by atoms with Crippen molar-refractivity contribution in [2.45, 2.75) is 71.5 Å². The topological polar surface area (TPSA) is 35.5 Å².